The SMILES string of the molecule is C[C@@H](O)CN[C@@H](C)O. The lowest BCUT2D eigenvalue weighted by Gasteiger charge is -2.07. The first kappa shape index (κ1) is 7.88. The van der Waals surface area contributed by atoms with Gasteiger partial charge in [-0.1, -0.05) is 0 Å². The van der Waals surface area contributed by atoms with Crippen LogP contribution < -0.4 is 5.32 Å². The Balaban J connectivity index is 2.93. The van der Waals surface area contributed by atoms with Crippen LogP contribution in [-0.2, 0) is 0 Å². The van der Waals surface area contributed by atoms with E-state index in [0.29, 0.717) is 6.54 Å². The molecule has 0 fully saturated rings. The third kappa shape index (κ3) is 5.88. The first-order chi connectivity index (χ1) is 3.63. The Labute approximate surface area is 49.3 Å². The molecule has 0 spiro atoms. The second-order valence-corrected chi connectivity index (χ2v) is 1.93. The molecule has 0 aromatic carbocycles. The van der Waals surface area contributed by atoms with Gasteiger partial charge in [0.25, 0.3) is 0 Å². The molecule has 0 aromatic rings. The Morgan fingerprint density at radius 2 is 1.88 bits per heavy atom. The highest BCUT2D eigenvalue weighted by atomic mass is 16.3. The Hall–Kier alpha value is -0.120. The van der Waals surface area contributed by atoms with Gasteiger partial charge >= 0.3 is 0 Å². The van der Waals surface area contributed by atoms with E-state index in [-0.39, 0.29) is 6.10 Å². The van der Waals surface area contributed by atoms with E-state index >= 15 is 0 Å². The van der Waals surface area contributed by atoms with Crippen molar-refractivity contribution in [3.8, 4) is 0 Å². The van der Waals surface area contributed by atoms with Gasteiger partial charge in [-0.25, -0.2) is 0 Å². The fraction of sp³-hybridized carbons (Fsp3) is 1.00. The van der Waals surface area contributed by atoms with Crippen LogP contribution in [0.3, 0.4) is 0 Å². The largest absolute Gasteiger partial charge is 0.392 e. The predicted octanol–water partition coefficient (Wildman–Crippen LogP) is -0.705. The summed E-state index contributed by atoms with van der Waals surface area (Å²) in [6.45, 7) is 3.72. The van der Waals surface area contributed by atoms with Crippen LogP contribution in [0.1, 0.15) is 13.8 Å². The van der Waals surface area contributed by atoms with Gasteiger partial charge in [0.15, 0.2) is 0 Å². The topological polar surface area (TPSA) is 52.5 Å². The Kier molecular flexibility index (Phi) is 3.77. The molecule has 3 N–H and O–H groups in total. The molecule has 0 saturated carbocycles. The molecule has 0 bridgehead atoms. The molecule has 50 valence electrons. The highest BCUT2D eigenvalue weighted by Gasteiger charge is 1.95. The zero-order valence-electron chi connectivity index (χ0n) is 5.26. The molecule has 0 heterocycles. The minimum absolute atomic E-state index is 0.385. The Morgan fingerprint density at radius 1 is 1.38 bits per heavy atom. The summed E-state index contributed by atoms with van der Waals surface area (Å²) in [5.41, 5.74) is 0. The van der Waals surface area contributed by atoms with Crippen molar-refractivity contribution in [2.75, 3.05) is 6.54 Å². The lowest BCUT2D eigenvalue weighted by atomic mass is 10.4. The van der Waals surface area contributed by atoms with Gasteiger partial charge in [0.05, 0.1) is 6.10 Å². The molecule has 0 rings (SSSR count). The van der Waals surface area contributed by atoms with Crippen LogP contribution in [0.25, 0.3) is 0 Å². The van der Waals surface area contributed by atoms with E-state index in [9.17, 15) is 0 Å². The van der Waals surface area contributed by atoms with E-state index in [1.54, 1.807) is 13.8 Å². The van der Waals surface area contributed by atoms with E-state index in [4.69, 9.17) is 10.2 Å². The van der Waals surface area contributed by atoms with Gasteiger partial charge < -0.3 is 10.2 Å². The molecule has 3 nitrogen and oxygen atoms in total. The van der Waals surface area contributed by atoms with Crippen molar-refractivity contribution in [3.63, 3.8) is 0 Å². The summed E-state index contributed by atoms with van der Waals surface area (Å²) in [4.78, 5) is 0. The van der Waals surface area contributed by atoms with Gasteiger partial charge in [-0.2, -0.15) is 0 Å². The van der Waals surface area contributed by atoms with Crippen LogP contribution >= 0.6 is 0 Å². The first-order valence-electron chi connectivity index (χ1n) is 2.72. The van der Waals surface area contributed by atoms with Crippen molar-refractivity contribution in [1.82, 2.24) is 5.32 Å². The number of aliphatic hydroxyl groups is 2. The van der Waals surface area contributed by atoms with E-state index in [2.05, 4.69) is 5.32 Å². The van der Waals surface area contributed by atoms with Crippen LogP contribution in [0, 0.1) is 0 Å². The lowest BCUT2D eigenvalue weighted by molar-refractivity contribution is 0.121. The van der Waals surface area contributed by atoms with Gasteiger partial charge in [-0.05, 0) is 13.8 Å². The number of nitrogens with one attached hydrogen (secondary N) is 1. The molecule has 0 saturated heterocycles. The minimum Gasteiger partial charge on any atom is -0.392 e. The molecule has 0 amide bonds. The van der Waals surface area contributed by atoms with E-state index in [1.165, 1.54) is 0 Å². The van der Waals surface area contributed by atoms with Crippen molar-refractivity contribution < 1.29 is 10.2 Å². The predicted molar refractivity (Wildman–Crippen MR) is 31.4 cm³/mol. The average Bonchev–Trinajstić information content (AvgIpc) is 1.61. The van der Waals surface area contributed by atoms with Crippen LogP contribution in [0.4, 0.5) is 0 Å². The summed E-state index contributed by atoms with van der Waals surface area (Å²) in [7, 11) is 0. The fourth-order valence-corrected chi connectivity index (χ4v) is 0.341. The summed E-state index contributed by atoms with van der Waals surface area (Å²) in [6.07, 6.45) is -0.908. The zero-order chi connectivity index (χ0) is 6.57. The third-order valence-corrected chi connectivity index (χ3v) is 0.709. The van der Waals surface area contributed by atoms with Crippen molar-refractivity contribution in [2.45, 2.75) is 26.2 Å². The monoisotopic (exact) mass is 119 g/mol. The third-order valence-electron chi connectivity index (χ3n) is 0.709. The van der Waals surface area contributed by atoms with Gasteiger partial charge in [-0.3, -0.25) is 5.32 Å². The molecule has 0 radical (unpaired) electrons. The molecule has 0 aromatic heterocycles. The van der Waals surface area contributed by atoms with Crippen molar-refractivity contribution in [3.05, 3.63) is 0 Å². The molecule has 0 aliphatic rings. The maximum Gasteiger partial charge on any atom is 0.102 e. The summed E-state index contributed by atoms with van der Waals surface area (Å²) in [5, 5.41) is 19.9. The smallest absolute Gasteiger partial charge is 0.102 e. The summed E-state index contributed by atoms with van der Waals surface area (Å²) in [5.74, 6) is 0. The molecule has 0 unspecified atom stereocenters. The summed E-state index contributed by atoms with van der Waals surface area (Å²) < 4.78 is 0. The van der Waals surface area contributed by atoms with Crippen LogP contribution in [0.5, 0.6) is 0 Å². The summed E-state index contributed by atoms with van der Waals surface area (Å²) >= 11 is 0. The minimum atomic E-state index is -0.524. The zero-order valence-corrected chi connectivity index (χ0v) is 5.26. The van der Waals surface area contributed by atoms with Crippen molar-refractivity contribution in [2.24, 2.45) is 0 Å². The number of rotatable bonds is 3. The van der Waals surface area contributed by atoms with Crippen LogP contribution in [0.2, 0.25) is 0 Å². The standard InChI is InChI=1S/C5H13NO2/c1-4(7)3-6-5(2)8/h4-8H,3H2,1-2H3/t4-,5-/m1/s1. The quantitative estimate of drug-likeness (QED) is 0.430. The van der Waals surface area contributed by atoms with Gasteiger partial charge in [-0.15, -0.1) is 0 Å². The van der Waals surface area contributed by atoms with Crippen molar-refractivity contribution >= 4 is 0 Å². The van der Waals surface area contributed by atoms with E-state index in [0.717, 1.165) is 0 Å². The molecule has 2 atom stereocenters. The molecule has 0 aliphatic carbocycles. The lowest BCUT2D eigenvalue weighted by Crippen LogP contribution is -2.31. The number of aliphatic hydroxyl groups excluding tert-OH is 2. The van der Waals surface area contributed by atoms with Crippen LogP contribution in [-0.4, -0.2) is 29.1 Å². The van der Waals surface area contributed by atoms with Gasteiger partial charge in [0.1, 0.15) is 6.23 Å². The van der Waals surface area contributed by atoms with Gasteiger partial charge in [0, 0.05) is 6.54 Å². The molecule has 0 aliphatic heterocycles. The molecule has 3 heteroatoms. The van der Waals surface area contributed by atoms with Crippen LogP contribution in [0.15, 0.2) is 0 Å². The Morgan fingerprint density at radius 3 is 2.00 bits per heavy atom. The second-order valence-electron chi connectivity index (χ2n) is 1.93. The van der Waals surface area contributed by atoms with Crippen molar-refractivity contribution in [1.29, 1.82) is 0 Å². The molecular weight excluding hydrogens is 106 g/mol. The fourth-order valence-electron chi connectivity index (χ4n) is 0.341. The maximum atomic E-state index is 8.63. The number of hydrogen-bond acceptors (Lipinski definition) is 3. The molecule has 8 heavy (non-hydrogen) atoms. The van der Waals surface area contributed by atoms with E-state index in [1.807, 2.05) is 0 Å². The molecular formula is C5H13NO2. The highest BCUT2D eigenvalue weighted by molar-refractivity contribution is 4.51. The average molecular weight is 119 g/mol. The Bertz CT molecular complexity index is 46.4. The normalized spacial score (nSPS) is 18.0. The second kappa shape index (κ2) is 3.83. The van der Waals surface area contributed by atoms with Gasteiger partial charge in [0.2, 0.25) is 0 Å². The number of hydrogen-bond donors (Lipinski definition) is 3. The first-order valence-corrected chi connectivity index (χ1v) is 2.72. The highest BCUT2D eigenvalue weighted by Crippen LogP contribution is 1.76. The van der Waals surface area contributed by atoms with E-state index < -0.39 is 6.23 Å². The summed E-state index contributed by atoms with van der Waals surface area (Å²) in [6, 6.07) is 0. The maximum absolute atomic E-state index is 8.63.